The molecule has 10 nitrogen and oxygen atoms in total. The molecule has 40 heavy (non-hydrogen) atoms. The first-order valence-corrected chi connectivity index (χ1v) is 14.9. The fourth-order valence-electron chi connectivity index (χ4n) is 5.52. The topological polar surface area (TPSA) is 134 Å². The normalized spacial score (nSPS) is 25.5. The summed E-state index contributed by atoms with van der Waals surface area (Å²) in [7, 11) is 0. The lowest BCUT2D eigenvalue weighted by molar-refractivity contribution is -0.143. The number of amides is 4. The monoisotopic (exact) mass is 562 g/mol. The average Bonchev–Trinajstić information content (AvgIpc) is 3.32. The Hall–Kier alpha value is -2.91. The maximum absolute atomic E-state index is 13.9. The van der Waals surface area contributed by atoms with Crippen molar-refractivity contribution in [3.05, 3.63) is 12.7 Å². The first-order chi connectivity index (χ1) is 18.9. The van der Waals surface area contributed by atoms with Gasteiger partial charge in [0.25, 0.3) is 5.91 Å². The van der Waals surface area contributed by atoms with E-state index in [-0.39, 0.29) is 24.3 Å². The van der Waals surface area contributed by atoms with Crippen LogP contribution in [-0.4, -0.2) is 71.3 Å². The summed E-state index contributed by atoms with van der Waals surface area (Å²) in [6, 6.07) is -2.62. The maximum atomic E-state index is 13.9. The number of hydrogen-bond donors (Lipinski definition) is 3. The number of ketones is 1. The highest BCUT2D eigenvalue weighted by atomic mass is 16.6. The van der Waals surface area contributed by atoms with Crippen LogP contribution in [0.1, 0.15) is 98.8 Å². The Morgan fingerprint density at radius 3 is 2.20 bits per heavy atom. The number of carbonyl (C=O) groups excluding carboxylic acids is 5. The molecule has 0 aromatic rings. The number of rotatable bonds is 6. The van der Waals surface area contributed by atoms with Crippen molar-refractivity contribution in [2.75, 3.05) is 13.1 Å². The number of nitrogens with one attached hydrogen (secondary N) is 3. The number of nitrogens with zero attached hydrogens (tertiary/aromatic N) is 1. The van der Waals surface area contributed by atoms with Crippen LogP contribution in [0.15, 0.2) is 12.7 Å². The molecule has 2 heterocycles. The molecule has 226 valence electrons. The highest BCUT2D eigenvalue weighted by Crippen LogP contribution is 2.32. The molecule has 0 aliphatic carbocycles. The number of hydrogen-bond acceptors (Lipinski definition) is 6. The molecule has 2 fully saturated rings. The molecule has 2 saturated heterocycles. The van der Waals surface area contributed by atoms with Crippen LogP contribution < -0.4 is 16.0 Å². The van der Waals surface area contributed by atoms with Gasteiger partial charge in [0.2, 0.25) is 17.6 Å². The Balaban J connectivity index is 2.36. The zero-order chi connectivity index (χ0) is 29.9. The summed E-state index contributed by atoms with van der Waals surface area (Å²) in [6.07, 6.45) is 8.49. The van der Waals surface area contributed by atoms with E-state index in [9.17, 15) is 24.0 Å². The molecule has 3 N–H and O–H groups in total. The summed E-state index contributed by atoms with van der Waals surface area (Å²) in [6.45, 7) is 13.4. The Bertz CT molecular complexity index is 912. The molecule has 0 saturated carbocycles. The Kier molecular flexibility index (Phi) is 13.1. The minimum atomic E-state index is -0.980. The molecule has 10 heteroatoms. The fraction of sp³-hybridized carbons (Fsp3) is 0.767. The van der Waals surface area contributed by atoms with Crippen LogP contribution in [-0.2, 0) is 23.9 Å². The van der Waals surface area contributed by atoms with E-state index in [1.165, 1.54) is 6.08 Å². The van der Waals surface area contributed by atoms with E-state index in [2.05, 4.69) is 22.5 Å². The van der Waals surface area contributed by atoms with Gasteiger partial charge in [-0.3, -0.25) is 19.2 Å². The van der Waals surface area contributed by atoms with Gasteiger partial charge in [-0.25, -0.2) is 4.79 Å². The second-order valence-electron chi connectivity index (χ2n) is 12.3. The first-order valence-electron chi connectivity index (χ1n) is 14.9. The van der Waals surface area contributed by atoms with E-state index in [0.29, 0.717) is 32.2 Å². The van der Waals surface area contributed by atoms with Crippen molar-refractivity contribution in [1.29, 1.82) is 0 Å². The van der Waals surface area contributed by atoms with Crippen molar-refractivity contribution in [3.8, 4) is 0 Å². The fourth-order valence-corrected chi connectivity index (χ4v) is 5.52. The van der Waals surface area contributed by atoms with E-state index in [0.717, 1.165) is 38.5 Å². The predicted octanol–water partition coefficient (Wildman–Crippen LogP) is 3.63. The average molecular weight is 563 g/mol. The van der Waals surface area contributed by atoms with Crippen LogP contribution in [0, 0.1) is 11.8 Å². The second kappa shape index (κ2) is 15.8. The number of ether oxygens (including phenoxy) is 1. The minimum Gasteiger partial charge on any atom is -0.444 e. The molecule has 2 aliphatic rings. The van der Waals surface area contributed by atoms with Crippen molar-refractivity contribution in [2.45, 2.75) is 123 Å². The Labute approximate surface area is 239 Å². The number of alkyl carbamates (subject to hydrolysis) is 1. The third-order valence-corrected chi connectivity index (χ3v) is 7.59. The summed E-state index contributed by atoms with van der Waals surface area (Å²) in [5, 5.41) is 8.11. The number of Topliss-reactive ketones (excluding diaryl/α,β-unsaturated/α-hetero) is 1. The smallest absolute Gasteiger partial charge is 0.408 e. The molecule has 4 amide bonds. The molecular weight excluding hydrogens is 512 g/mol. The SMILES string of the molecule is C=CCNC(=O)C(=O)[C@@H]1CCCCCCCCC[C@H](NC(=O)OC(C)(C)C)C(=O)N2CCC(C(C)C)[C@H]2C(=O)N1. The van der Waals surface area contributed by atoms with Crippen LogP contribution in [0.25, 0.3) is 0 Å². The molecule has 0 aromatic carbocycles. The summed E-state index contributed by atoms with van der Waals surface area (Å²) in [5.74, 6) is -2.26. The largest absolute Gasteiger partial charge is 0.444 e. The molecule has 1 unspecified atom stereocenters. The number of fused-ring (bicyclic) bond motifs is 1. The highest BCUT2D eigenvalue weighted by molar-refractivity contribution is 6.38. The van der Waals surface area contributed by atoms with Crippen molar-refractivity contribution >= 4 is 29.6 Å². The van der Waals surface area contributed by atoms with E-state index < -0.39 is 47.4 Å². The van der Waals surface area contributed by atoms with Gasteiger partial charge < -0.3 is 25.6 Å². The van der Waals surface area contributed by atoms with E-state index in [1.807, 2.05) is 13.8 Å². The zero-order valence-electron chi connectivity index (χ0n) is 25.1. The molecule has 2 rings (SSSR count). The lowest BCUT2D eigenvalue weighted by Crippen LogP contribution is -2.58. The first kappa shape index (κ1) is 33.3. The standard InChI is InChI=1S/C30H50N4O6/c1-7-18-31-27(37)25(35)22-15-13-11-9-8-10-12-14-16-23(33-29(39)40-30(4,5)6)28(38)34-19-17-21(20(2)3)24(34)26(36)32-22/h7,20-24H,1,8-19H2,2-6H3,(H,31,37)(H,32,36)(H,33,39)/t21?,22-,23-,24-/m0/s1. The second-order valence-corrected chi connectivity index (χ2v) is 12.3. The minimum absolute atomic E-state index is 0.0986. The molecule has 2 aliphatic heterocycles. The van der Waals surface area contributed by atoms with Gasteiger partial charge in [-0.2, -0.15) is 0 Å². The lowest BCUT2D eigenvalue weighted by Gasteiger charge is -2.33. The van der Waals surface area contributed by atoms with Crippen molar-refractivity contribution < 1.29 is 28.7 Å². The van der Waals surface area contributed by atoms with Gasteiger partial charge >= 0.3 is 6.09 Å². The molecule has 0 bridgehead atoms. The van der Waals surface area contributed by atoms with Crippen molar-refractivity contribution in [3.63, 3.8) is 0 Å². The van der Waals surface area contributed by atoms with Crippen LogP contribution in [0.4, 0.5) is 4.79 Å². The number of carbonyl (C=O) groups is 5. The maximum Gasteiger partial charge on any atom is 0.408 e. The quantitative estimate of drug-likeness (QED) is 0.334. The van der Waals surface area contributed by atoms with E-state index in [1.54, 1.807) is 25.7 Å². The van der Waals surface area contributed by atoms with Crippen LogP contribution >= 0.6 is 0 Å². The van der Waals surface area contributed by atoms with E-state index >= 15 is 0 Å². The van der Waals surface area contributed by atoms with Gasteiger partial charge in [0.05, 0.1) is 6.04 Å². The van der Waals surface area contributed by atoms with Crippen LogP contribution in [0.2, 0.25) is 0 Å². The molecular formula is C30H50N4O6. The summed E-state index contributed by atoms with van der Waals surface area (Å²) >= 11 is 0. The van der Waals surface area contributed by atoms with Crippen molar-refractivity contribution in [2.24, 2.45) is 11.8 Å². The van der Waals surface area contributed by atoms with Gasteiger partial charge in [0.1, 0.15) is 17.7 Å². The van der Waals surface area contributed by atoms with E-state index in [4.69, 9.17) is 4.74 Å². The molecule has 4 atom stereocenters. The summed E-state index contributed by atoms with van der Waals surface area (Å²) in [4.78, 5) is 67.4. The Morgan fingerprint density at radius 1 is 1.02 bits per heavy atom. The molecule has 0 radical (unpaired) electrons. The molecule has 0 aromatic heterocycles. The van der Waals surface area contributed by atoms with Gasteiger partial charge in [-0.15, -0.1) is 6.58 Å². The third-order valence-electron chi connectivity index (χ3n) is 7.59. The Morgan fingerprint density at radius 2 is 1.62 bits per heavy atom. The zero-order valence-corrected chi connectivity index (χ0v) is 25.1. The van der Waals surface area contributed by atoms with Gasteiger partial charge in [-0.1, -0.05) is 64.9 Å². The lowest BCUT2D eigenvalue weighted by atomic mass is 9.87. The van der Waals surface area contributed by atoms with Gasteiger partial charge in [-0.05, 0) is 51.9 Å². The summed E-state index contributed by atoms with van der Waals surface area (Å²) in [5.41, 5.74) is -0.718. The summed E-state index contributed by atoms with van der Waals surface area (Å²) < 4.78 is 5.43. The van der Waals surface area contributed by atoms with Crippen LogP contribution in [0.5, 0.6) is 0 Å². The van der Waals surface area contributed by atoms with Gasteiger partial charge in [0, 0.05) is 13.1 Å². The highest BCUT2D eigenvalue weighted by Gasteiger charge is 2.45. The molecule has 0 spiro atoms. The van der Waals surface area contributed by atoms with Crippen molar-refractivity contribution in [1.82, 2.24) is 20.9 Å². The van der Waals surface area contributed by atoms with Gasteiger partial charge in [0.15, 0.2) is 0 Å². The third kappa shape index (κ3) is 10.2. The van der Waals surface area contributed by atoms with Crippen LogP contribution in [0.3, 0.4) is 0 Å². The predicted molar refractivity (Wildman–Crippen MR) is 153 cm³/mol.